The molecule has 0 amide bonds. The van der Waals surface area contributed by atoms with Gasteiger partial charge >= 0.3 is 0 Å². The van der Waals surface area contributed by atoms with Gasteiger partial charge in [-0.05, 0) is 25.1 Å². The fourth-order valence-corrected chi connectivity index (χ4v) is 1.85. The number of nitrogens with zero attached hydrogens (tertiary/aromatic N) is 2. The van der Waals surface area contributed by atoms with Crippen molar-refractivity contribution < 1.29 is 27.0 Å². The molecule has 1 aromatic carbocycles. The van der Waals surface area contributed by atoms with E-state index in [1.165, 1.54) is 21.1 Å². The Morgan fingerprint density at radius 2 is 1.58 bits per heavy atom. The Labute approximate surface area is 134 Å². The number of benzene rings is 1. The number of anilines is 1. The molecule has 0 aliphatic heterocycles. The van der Waals surface area contributed by atoms with Crippen LogP contribution in [0.25, 0.3) is 0 Å². The molecule has 9 heteroatoms. The van der Waals surface area contributed by atoms with E-state index in [1.54, 1.807) is 18.2 Å². The summed E-state index contributed by atoms with van der Waals surface area (Å²) in [7, 11) is 2.91. The number of hydrogen-bond donors (Lipinski definition) is 1. The van der Waals surface area contributed by atoms with Crippen LogP contribution in [-0.4, -0.2) is 24.9 Å². The zero-order valence-corrected chi connectivity index (χ0v) is 13.0. The Balaban J connectivity index is 2.33. The molecule has 5 nitrogen and oxygen atoms in total. The number of rotatable bonds is 5. The molecule has 128 valence electrons. The summed E-state index contributed by atoms with van der Waals surface area (Å²) >= 11 is 0. The van der Waals surface area contributed by atoms with Crippen LogP contribution in [0.4, 0.5) is 23.2 Å². The van der Waals surface area contributed by atoms with Gasteiger partial charge in [0.2, 0.25) is 11.6 Å². The predicted molar refractivity (Wildman–Crippen MR) is 79.4 cm³/mol. The van der Waals surface area contributed by atoms with E-state index in [9.17, 15) is 17.6 Å². The van der Waals surface area contributed by atoms with Gasteiger partial charge in [-0.1, -0.05) is 0 Å². The number of hydrogen-bond acceptors (Lipinski definition) is 5. The van der Waals surface area contributed by atoms with Crippen LogP contribution >= 0.6 is 0 Å². The first-order chi connectivity index (χ1) is 11.4. The number of pyridine rings is 1. The number of ether oxygens (including phenoxy) is 2. The lowest BCUT2D eigenvalue weighted by molar-refractivity contribution is 0.355. The van der Waals surface area contributed by atoms with Gasteiger partial charge in [0.05, 0.1) is 19.9 Å². The van der Waals surface area contributed by atoms with Gasteiger partial charge in [-0.25, -0.2) is 0 Å². The summed E-state index contributed by atoms with van der Waals surface area (Å²) in [5, 5.41) is 3.73. The molecule has 0 aliphatic rings. The van der Waals surface area contributed by atoms with Crippen LogP contribution in [0.2, 0.25) is 0 Å². The van der Waals surface area contributed by atoms with Crippen molar-refractivity contribution in [1.82, 2.24) is 4.98 Å². The van der Waals surface area contributed by atoms with Crippen LogP contribution < -0.4 is 14.9 Å². The molecule has 24 heavy (non-hydrogen) atoms. The van der Waals surface area contributed by atoms with Crippen molar-refractivity contribution >= 4 is 11.4 Å². The lowest BCUT2D eigenvalue weighted by Crippen LogP contribution is -2.08. The van der Waals surface area contributed by atoms with Gasteiger partial charge < -0.3 is 9.47 Å². The molecule has 0 atom stereocenters. The number of aromatic nitrogens is 1. The summed E-state index contributed by atoms with van der Waals surface area (Å²) < 4.78 is 63.3. The van der Waals surface area contributed by atoms with E-state index in [4.69, 9.17) is 9.47 Å². The maximum atomic E-state index is 13.5. The van der Waals surface area contributed by atoms with E-state index in [1.807, 2.05) is 5.43 Å². The second-order valence-corrected chi connectivity index (χ2v) is 4.58. The monoisotopic (exact) mass is 343 g/mol. The van der Waals surface area contributed by atoms with Crippen LogP contribution in [0.3, 0.4) is 0 Å². The van der Waals surface area contributed by atoms with Crippen LogP contribution in [-0.2, 0) is 0 Å². The molecule has 1 N–H and O–H groups in total. The van der Waals surface area contributed by atoms with Gasteiger partial charge in [-0.3, -0.25) is 5.43 Å². The first-order valence-corrected chi connectivity index (χ1v) is 6.61. The highest BCUT2D eigenvalue weighted by molar-refractivity contribution is 5.99. The Morgan fingerprint density at radius 1 is 1.00 bits per heavy atom. The fourth-order valence-electron chi connectivity index (χ4n) is 1.85. The first kappa shape index (κ1) is 17.5. The van der Waals surface area contributed by atoms with Crippen molar-refractivity contribution in [2.45, 2.75) is 6.92 Å². The Hall–Kier alpha value is -2.84. The molecule has 0 aliphatic carbocycles. The summed E-state index contributed by atoms with van der Waals surface area (Å²) in [6.45, 7) is 1.53. The van der Waals surface area contributed by atoms with E-state index in [0.29, 0.717) is 17.1 Å². The number of halogens is 4. The molecular weight excluding hydrogens is 330 g/mol. The zero-order chi connectivity index (χ0) is 17.9. The Kier molecular flexibility index (Phi) is 5.22. The lowest BCUT2D eigenvalue weighted by Gasteiger charge is -2.10. The second-order valence-electron chi connectivity index (χ2n) is 4.58. The predicted octanol–water partition coefficient (Wildman–Crippen LogP) is 3.49. The van der Waals surface area contributed by atoms with E-state index in [2.05, 4.69) is 10.1 Å². The van der Waals surface area contributed by atoms with Gasteiger partial charge in [-0.2, -0.15) is 27.6 Å². The number of hydrazone groups is 1. The Bertz CT molecular complexity index is 771. The van der Waals surface area contributed by atoms with Gasteiger partial charge in [0.25, 0.3) is 11.9 Å². The minimum Gasteiger partial charge on any atom is -0.493 e. The Morgan fingerprint density at radius 3 is 2.12 bits per heavy atom. The van der Waals surface area contributed by atoms with Crippen molar-refractivity contribution in [3.05, 3.63) is 47.3 Å². The molecule has 0 saturated heterocycles. The lowest BCUT2D eigenvalue weighted by atomic mass is 10.1. The van der Waals surface area contributed by atoms with Crippen molar-refractivity contribution in [1.29, 1.82) is 0 Å². The fraction of sp³-hybridized carbons (Fsp3) is 0.200. The van der Waals surface area contributed by atoms with E-state index < -0.39 is 29.2 Å². The van der Waals surface area contributed by atoms with Crippen molar-refractivity contribution in [2.24, 2.45) is 5.10 Å². The highest BCUT2D eigenvalue weighted by atomic mass is 19.2. The minimum atomic E-state index is -1.77. The number of methoxy groups -OCH3 is 2. The molecule has 0 radical (unpaired) electrons. The summed E-state index contributed by atoms with van der Waals surface area (Å²) in [5.74, 6) is -5.97. The number of nitrogens with one attached hydrogen (secondary N) is 1. The SMILES string of the molecule is COc1ccc(/C(C)=N/Nc2c(F)c(F)nc(F)c2F)cc1OC. The third-order valence-corrected chi connectivity index (χ3v) is 3.13. The topological polar surface area (TPSA) is 55.7 Å². The zero-order valence-electron chi connectivity index (χ0n) is 13.0. The molecule has 0 bridgehead atoms. The maximum Gasteiger partial charge on any atom is 0.254 e. The largest absolute Gasteiger partial charge is 0.493 e. The van der Waals surface area contributed by atoms with Crippen molar-refractivity contribution in [3.8, 4) is 11.5 Å². The highest BCUT2D eigenvalue weighted by Gasteiger charge is 2.20. The molecular formula is C15H13F4N3O2. The molecule has 0 fully saturated rings. The normalized spacial score (nSPS) is 11.4. The molecule has 1 aromatic heterocycles. The minimum absolute atomic E-state index is 0.285. The molecule has 2 rings (SSSR count). The molecule has 1 heterocycles. The van der Waals surface area contributed by atoms with Crippen LogP contribution in [0.5, 0.6) is 11.5 Å². The summed E-state index contributed by atoms with van der Waals surface area (Å²) in [6.07, 6.45) is 0. The summed E-state index contributed by atoms with van der Waals surface area (Å²) in [4.78, 5) is 2.46. The quantitative estimate of drug-likeness (QED) is 0.391. The standard InChI is InChI=1S/C15H13F4N3O2/c1-7(8-4-5-9(23-2)10(6-8)24-3)21-22-13-11(16)14(18)20-15(19)12(13)17/h4-6H,1-3H3,(H,20,22)/b21-7+. The van der Waals surface area contributed by atoms with Crippen LogP contribution in [0.15, 0.2) is 23.3 Å². The molecule has 0 unspecified atom stereocenters. The van der Waals surface area contributed by atoms with E-state index in [0.717, 1.165) is 0 Å². The second kappa shape index (κ2) is 7.16. The highest BCUT2D eigenvalue weighted by Crippen LogP contribution is 2.28. The first-order valence-electron chi connectivity index (χ1n) is 6.61. The molecule has 2 aromatic rings. The third-order valence-electron chi connectivity index (χ3n) is 3.13. The van der Waals surface area contributed by atoms with Crippen LogP contribution in [0.1, 0.15) is 12.5 Å². The smallest absolute Gasteiger partial charge is 0.254 e. The van der Waals surface area contributed by atoms with Gasteiger partial charge in [0, 0.05) is 5.56 Å². The molecule has 0 saturated carbocycles. The van der Waals surface area contributed by atoms with Crippen LogP contribution in [0, 0.1) is 23.5 Å². The van der Waals surface area contributed by atoms with Crippen molar-refractivity contribution in [3.63, 3.8) is 0 Å². The third kappa shape index (κ3) is 3.39. The summed E-state index contributed by atoms with van der Waals surface area (Å²) in [5.41, 5.74) is 1.73. The van der Waals surface area contributed by atoms with Crippen molar-refractivity contribution in [2.75, 3.05) is 19.6 Å². The van der Waals surface area contributed by atoms with Gasteiger partial charge in [0.1, 0.15) is 5.69 Å². The average molecular weight is 343 g/mol. The van der Waals surface area contributed by atoms with E-state index in [-0.39, 0.29) is 5.71 Å². The summed E-state index contributed by atoms with van der Waals surface area (Å²) in [6, 6.07) is 4.82. The average Bonchev–Trinajstić information content (AvgIpc) is 2.59. The van der Waals surface area contributed by atoms with E-state index >= 15 is 0 Å². The van der Waals surface area contributed by atoms with Gasteiger partial charge in [-0.15, -0.1) is 0 Å². The molecule has 0 spiro atoms. The van der Waals surface area contributed by atoms with Gasteiger partial charge in [0.15, 0.2) is 11.5 Å². The maximum absolute atomic E-state index is 13.5.